The average Bonchev–Trinajstić information content (AvgIpc) is 2.60. The highest BCUT2D eigenvalue weighted by molar-refractivity contribution is 5.48. The Kier molecular flexibility index (Phi) is 5.61. The second-order valence-electron chi connectivity index (χ2n) is 9.46. The summed E-state index contributed by atoms with van der Waals surface area (Å²) in [6.07, 6.45) is 0. The molecule has 29 heavy (non-hydrogen) atoms. The number of anilines is 1. The van der Waals surface area contributed by atoms with Gasteiger partial charge in [-0.2, -0.15) is 0 Å². The molecule has 0 heterocycles. The van der Waals surface area contributed by atoms with E-state index in [1.54, 1.807) is 6.07 Å². The largest absolute Gasteiger partial charge is 0.457 e. The third kappa shape index (κ3) is 5.32. The van der Waals surface area contributed by atoms with Crippen LogP contribution in [0.5, 0.6) is 23.0 Å². The molecule has 0 aliphatic rings. The second kappa shape index (κ2) is 7.82. The molecule has 3 aromatic rings. The van der Waals surface area contributed by atoms with E-state index >= 15 is 0 Å². The Balaban J connectivity index is 1.93. The van der Waals surface area contributed by atoms with Gasteiger partial charge in [0.05, 0.1) is 0 Å². The Morgan fingerprint density at radius 3 is 1.79 bits per heavy atom. The van der Waals surface area contributed by atoms with E-state index in [1.807, 2.05) is 42.5 Å². The van der Waals surface area contributed by atoms with Crippen molar-refractivity contribution in [3.63, 3.8) is 0 Å². The van der Waals surface area contributed by atoms with Gasteiger partial charge in [-0.15, -0.1) is 0 Å². The highest BCUT2D eigenvalue weighted by Crippen LogP contribution is 2.38. The number of hydrogen-bond donors (Lipinski definition) is 1. The molecule has 0 fully saturated rings. The summed E-state index contributed by atoms with van der Waals surface area (Å²) in [5.74, 6) is 3.03. The van der Waals surface area contributed by atoms with Crippen molar-refractivity contribution in [2.75, 3.05) is 5.73 Å². The average molecular weight is 390 g/mol. The molecule has 0 saturated heterocycles. The zero-order valence-corrected chi connectivity index (χ0v) is 18.2. The maximum absolute atomic E-state index is 6.37. The molecule has 0 amide bonds. The molecule has 0 aromatic heterocycles. The molecule has 152 valence electrons. The van der Waals surface area contributed by atoms with Gasteiger partial charge in [-0.1, -0.05) is 65.8 Å². The second-order valence-corrected chi connectivity index (χ2v) is 9.46. The van der Waals surface area contributed by atoms with Gasteiger partial charge in [-0.3, -0.25) is 0 Å². The Morgan fingerprint density at radius 2 is 1.21 bits per heavy atom. The van der Waals surface area contributed by atoms with Crippen molar-refractivity contribution in [1.82, 2.24) is 0 Å². The highest BCUT2D eigenvalue weighted by Gasteiger charge is 2.23. The first-order valence-electron chi connectivity index (χ1n) is 9.99. The fourth-order valence-electron chi connectivity index (χ4n) is 3.14. The number of benzene rings is 3. The lowest BCUT2D eigenvalue weighted by Crippen LogP contribution is -2.16. The highest BCUT2D eigenvalue weighted by atomic mass is 16.5. The van der Waals surface area contributed by atoms with Crippen LogP contribution in [-0.2, 0) is 10.8 Å². The fraction of sp³-hybridized carbons (Fsp3) is 0.308. The molecular weight excluding hydrogens is 358 g/mol. The quantitative estimate of drug-likeness (QED) is 0.471. The molecule has 0 atom stereocenters. The van der Waals surface area contributed by atoms with Crippen molar-refractivity contribution in [3.05, 3.63) is 77.9 Å². The summed E-state index contributed by atoms with van der Waals surface area (Å²) in [7, 11) is 0. The molecule has 0 radical (unpaired) electrons. The van der Waals surface area contributed by atoms with E-state index in [1.165, 1.54) is 11.1 Å². The lowest BCUT2D eigenvalue weighted by molar-refractivity contribution is 0.442. The number of nitrogens with two attached hydrogens (primary N) is 1. The Labute approximate surface area is 174 Å². The Morgan fingerprint density at radius 1 is 0.621 bits per heavy atom. The van der Waals surface area contributed by atoms with Crippen LogP contribution in [0.15, 0.2) is 66.7 Å². The number of hydrogen-bond acceptors (Lipinski definition) is 3. The van der Waals surface area contributed by atoms with Gasteiger partial charge < -0.3 is 15.2 Å². The van der Waals surface area contributed by atoms with E-state index in [9.17, 15) is 0 Å². The molecule has 3 aromatic carbocycles. The van der Waals surface area contributed by atoms with Crippen LogP contribution < -0.4 is 15.2 Å². The number of ether oxygens (including phenoxy) is 2. The van der Waals surface area contributed by atoms with Crippen LogP contribution in [0, 0.1) is 0 Å². The molecule has 3 nitrogen and oxygen atoms in total. The summed E-state index contributed by atoms with van der Waals surface area (Å²) >= 11 is 0. The maximum Gasteiger partial charge on any atom is 0.131 e. The van der Waals surface area contributed by atoms with Gasteiger partial charge in [0.25, 0.3) is 0 Å². The summed E-state index contributed by atoms with van der Waals surface area (Å²) in [4.78, 5) is 0. The van der Waals surface area contributed by atoms with Gasteiger partial charge in [-0.05, 0) is 46.7 Å². The van der Waals surface area contributed by atoms with Gasteiger partial charge in [0.1, 0.15) is 23.0 Å². The van der Waals surface area contributed by atoms with E-state index in [-0.39, 0.29) is 10.8 Å². The van der Waals surface area contributed by atoms with Crippen LogP contribution in [0.1, 0.15) is 52.7 Å². The number of rotatable bonds is 4. The monoisotopic (exact) mass is 389 g/mol. The minimum absolute atomic E-state index is 0.0264. The fourth-order valence-corrected chi connectivity index (χ4v) is 3.14. The Hall–Kier alpha value is -2.94. The maximum atomic E-state index is 6.37. The molecule has 2 N–H and O–H groups in total. The van der Waals surface area contributed by atoms with E-state index in [4.69, 9.17) is 15.2 Å². The lowest BCUT2D eigenvalue weighted by atomic mass is 9.81. The van der Waals surface area contributed by atoms with Gasteiger partial charge >= 0.3 is 0 Å². The van der Waals surface area contributed by atoms with Gasteiger partial charge in [-0.25, -0.2) is 0 Å². The van der Waals surface area contributed by atoms with Gasteiger partial charge in [0.2, 0.25) is 0 Å². The summed E-state index contributed by atoms with van der Waals surface area (Å²) < 4.78 is 12.3. The molecular formula is C26H31NO2. The van der Waals surface area contributed by atoms with Crippen molar-refractivity contribution in [3.8, 4) is 23.0 Å². The first-order chi connectivity index (χ1) is 13.5. The predicted molar refractivity (Wildman–Crippen MR) is 121 cm³/mol. The van der Waals surface area contributed by atoms with Crippen molar-refractivity contribution >= 4 is 5.69 Å². The van der Waals surface area contributed by atoms with Gasteiger partial charge in [0.15, 0.2) is 0 Å². The standard InChI is InChI=1S/C26H31NO2/c1-25(2,3)18-13-14-23(26(4,5)6)24(15-18)29-22-12-8-11-21(17-22)28-20-10-7-9-19(27)16-20/h7-17H,27H2,1-6H3. The van der Waals surface area contributed by atoms with Gasteiger partial charge in [0, 0.05) is 23.4 Å². The van der Waals surface area contributed by atoms with Crippen LogP contribution in [-0.4, -0.2) is 0 Å². The van der Waals surface area contributed by atoms with Crippen LogP contribution in [0.2, 0.25) is 0 Å². The lowest BCUT2D eigenvalue weighted by Gasteiger charge is -2.26. The summed E-state index contributed by atoms with van der Waals surface area (Å²) in [6, 6.07) is 21.6. The topological polar surface area (TPSA) is 44.5 Å². The molecule has 0 bridgehead atoms. The minimum atomic E-state index is -0.0264. The van der Waals surface area contributed by atoms with E-state index in [0.717, 1.165) is 11.5 Å². The molecule has 0 aliphatic heterocycles. The van der Waals surface area contributed by atoms with Crippen molar-refractivity contribution in [1.29, 1.82) is 0 Å². The van der Waals surface area contributed by atoms with Crippen molar-refractivity contribution in [2.24, 2.45) is 0 Å². The van der Waals surface area contributed by atoms with Crippen LogP contribution in [0.3, 0.4) is 0 Å². The third-order valence-electron chi connectivity index (χ3n) is 4.78. The van der Waals surface area contributed by atoms with Crippen LogP contribution in [0.25, 0.3) is 0 Å². The molecule has 0 aliphatic carbocycles. The molecule has 3 heteroatoms. The molecule has 3 rings (SSSR count). The SMILES string of the molecule is CC(C)(C)c1ccc(C(C)(C)C)c(Oc2cccc(Oc3cccc(N)c3)c2)c1. The molecule has 0 saturated carbocycles. The first kappa shape index (κ1) is 20.8. The molecule has 0 unspecified atom stereocenters. The smallest absolute Gasteiger partial charge is 0.131 e. The zero-order chi connectivity index (χ0) is 21.2. The third-order valence-corrected chi connectivity index (χ3v) is 4.78. The predicted octanol–water partition coefficient (Wildman–Crippen LogP) is 7.45. The summed E-state index contributed by atoms with van der Waals surface area (Å²) in [5.41, 5.74) is 8.96. The Bertz CT molecular complexity index is 994. The van der Waals surface area contributed by atoms with Crippen LogP contribution >= 0.6 is 0 Å². The van der Waals surface area contributed by atoms with Crippen molar-refractivity contribution in [2.45, 2.75) is 52.4 Å². The number of nitrogen functional groups attached to an aromatic ring is 1. The summed E-state index contributed by atoms with van der Waals surface area (Å²) in [6.45, 7) is 13.2. The van der Waals surface area contributed by atoms with E-state index < -0.39 is 0 Å². The summed E-state index contributed by atoms with van der Waals surface area (Å²) in [5, 5.41) is 0. The van der Waals surface area contributed by atoms with Crippen LogP contribution in [0.4, 0.5) is 5.69 Å². The normalized spacial score (nSPS) is 11.9. The zero-order valence-electron chi connectivity index (χ0n) is 18.2. The minimum Gasteiger partial charge on any atom is -0.457 e. The first-order valence-corrected chi connectivity index (χ1v) is 9.99. The van der Waals surface area contributed by atoms with E-state index in [0.29, 0.717) is 17.2 Å². The van der Waals surface area contributed by atoms with E-state index in [2.05, 4.69) is 59.7 Å². The molecule has 0 spiro atoms. The van der Waals surface area contributed by atoms with Crippen molar-refractivity contribution < 1.29 is 9.47 Å².